The molecule has 0 saturated carbocycles. The quantitative estimate of drug-likeness (QED) is 0.842. The zero-order valence-electron chi connectivity index (χ0n) is 10.6. The minimum Gasteiger partial charge on any atom is -0.464 e. The molecule has 0 spiro atoms. The molecule has 1 aromatic rings. The maximum Gasteiger partial charge on any atom is 0.246 e. The molecule has 100 valence electrons. The fraction of sp³-hybridized carbons (Fsp3) is 0.500. The minimum absolute atomic E-state index is 0.204. The SMILES string of the molecule is CC1=CCCN(S(=O)(=O)c2cc(CN)oc2C)C1. The van der Waals surface area contributed by atoms with Gasteiger partial charge in [-0.05, 0) is 20.3 Å². The summed E-state index contributed by atoms with van der Waals surface area (Å²) in [5.74, 6) is 0.901. The first-order valence-corrected chi connectivity index (χ1v) is 7.34. The van der Waals surface area contributed by atoms with E-state index in [-0.39, 0.29) is 11.4 Å². The van der Waals surface area contributed by atoms with E-state index >= 15 is 0 Å². The predicted molar refractivity (Wildman–Crippen MR) is 68.5 cm³/mol. The Morgan fingerprint density at radius 2 is 2.17 bits per heavy atom. The van der Waals surface area contributed by atoms with Crippen LogP contribution in [0.4, 0.5) is 0 Å². The van der Waals surface area contributed by atoms with Crippen LogP contribution in [0.15, 0.2) is 27.0 Å². The normalized spacial score (nSPS) is 17.8. The Labute approximate surface area is 107 Å². The maximum atomic E-state index is 12.5. The molecule has 0 aliphatic carbocycles. The first kappa shape index (κ1) is 13.3. The molecule has 2 N–H and O–H groups in total. The van der Waals surface area contributed by atoms with Gasteiger partial charge in [-0.2, -0.15) is 4.31 Å². The largest absolute Gasteiger partial charge is 0.464 e. The lowest BCUT2D eigenvalue weighted by Crippen LogP contribution is -2.35. The van der Waals surface area contributed by atoms with Crippen LogP contribution in [0.3, 0.4) is 0 Å². The summed E-state index contributed by atoms with van der Waals surface area (Å²) in [4.78, 5) is 0.234. The molecule has 0 unspecified atom stereocenters. The number of rotatable bonds is 3. The molecule has 2 rings (SSSR count). The van der Waals surface area contributed by atoms with Gasteiger partial charge in [0, 0.05) is 19.2 Å². The molecule has 2 heterocycles. The van der Waals surface area contributed by atoms with Crippen molar-refractivity contribution >= 4 is 10.0 Å². The average molecular weight is 270 g/mol. The number of sulfonamides is 1. The van der Waals surface area contributed by atoms with Crippen LogP contribution in [-0.4, -0.2) is 25.8 Å². The monoisotopic (exact) mass is 270 g/mol. The highest BCUT2D eigenvalue weighted by molar-refractivity contribution is 7.89. The summed E-state index contributed by atoms with van der Waals surface area (Å²) >= 11 is 0. The van der Waals surface area contributed by atoms with Gasteiger partial charge < -0.3 is 10.2 Å². The third kappa shape index (κ3) is 2.36. The average Bonchev–Trinajstić information content (AvgIpc) is 2.71. The van der Waals surface area contributed by atoms with Gasteiger partial charge in [-0.25, -0.2) is 8.42 Å². The van der Waals surface area contributed by atoms with Crippen molar-refractivity contribution in [3.05, 3.63) is 29.2 Å². The Balaban J connectivity index is 2.36. The molecule has 5 nitrogen and oxygen atoms in total. The van der Waals surface area contributed by atoms with Gasteiger partial charge in [0.1, 0.15) is 16.4 Å². The molecule has 0 saturated heterocycles. The molecule has 6 heteroatoms. The van der Waals surface area contributed by atoms with Crippen molar-refractivity contribution in [1.29, 1.82) is 0 Å². The zero-order valence-corrected chi connectivity index (χ0v) is 11.5. The molecule has 0 atom stereocenters. The number of hydrogen-bond acceptors (Lipinski definition) is 4. The summed E-state index contributed by atoms with van der Waals surface area (Å²) in [6, 6.07) is 1.53. The molecule has 0 aromatic carbocycles. The van der Waals surface area contributed by atoms with E-state index in [0.29, 0.717) is 24.6 Å². The van der Waals surface area contributed by atoms with Crippen molar-refractivity contribution in [3.63, 3.8) is 0 Å². The molecule has 0 amide bonds. The first-order valence-electron chi connectivity index (χ1n) is 5.90. The molecule has 1 aliphatic heterocycles. The summed E-state index contributed by atoms with van der Waals surface area (Å²) in [6.07, 6.45) is 2.82. The van der Waals surface area contributed by atoms with Crippen LogP contribution in [0.25, 0.3) is 0 Å². The van der Waals surface area contributed by atoms with Crippen LogP contribution in [0, 0.1) is 6.92 Å². The Kier molecular flexibility index (Phi) is 3.61. The van der Waals surface area contributed by atoms with Crippen LogP contribution in [0.5, 0.6) is 0 Å². The first-order chi connectivity index (χ1) is 8.45. The van der Waals surface area contributed by atoms with E-state index in [9.17, 15) is 8.42 Å². The standard InChI is InChI=1S/C12H18N2O3S/c1-9-4-3-5-14(8-9)18(15,16)12-6-11(7-13)17-10(12)2/h4,6H,3,5,7-8,13H2,1-2H3. The Bertz CT molecular complexity index is 572. The summed E-state index contributed by atoms with van der Waals surface area (Å²) in [6.45, 7) is 4.76. The van der Waals surface area contributed by atoms with E-state index in [0.717, 1.165) is 12.0 Å². The Hall–Kier alpha value is -1.11. The fourth-order valence-corrected chi connectivity index (χ4v) is 3.78. The summed E-state index contributed by atoms with van der Waals surface area (Å²) in [7, 11) is -3.47. The van der Waals surface area contributed by atoms with Crippen molar-refractivity contribution < 1.29 is 12.8 Å². The second-order valence-corrected chi connectivity index (χ2v) is 6.42. The predicted octanol–water partition coefficient (Wildman–Crippen LogP) is 1.39. The van der Waals surface area contributed by atoms with Gasteiger partial charge >= 0.3 is 0 Å². The van der Waals surface area contributed by atoms with Crippen molar-refractivity contribution in [3.8, 4) is 0 Å². The van der Waals surface area contributed by atoms with E-state index in [1.807, 2.05) is 6.92 Å². The van der Waals surface area contributed by atoms with Crippen LogP contribution in [0.2, 0.25) is 0 Å². The van der Waals surface area contributed by atoms with Crippen LogP contribution in [0.1, 0.15) is 24.9 Å². The molecule has 1 aliphatic rings. The van der Waals surface area contributed by atoms with Gasteiger partial charge in [-0.15, -0.1) is 0 Å². The zero-order chi connectivity index (χ0) is 13.3. The highest BCUT2D eigenvalue weighted by atomic mass is 32.2. The third-order valence-electron chi connectivity index (χ3n) is 3.04. The van der Waals surface area contributed by atoms with E-state index in [4.69, 9.17) is 10.2 Å². The van der Waals surface area contributed by atoms with E-state index in [2.05, 4.69) is 6.08 Å². The van der Waals surface area contributed by atoms with Crippen molar-refractivity contribution in [2.45, 2.75) is 31.7 Å². The topological polar surface area (TPSA) is 76.5 Å². The number of furan rings is 1. The summed E-state index contributed by atoms with van der Waals surface area (Å²) in [5, 5.41) is 0. The van der Waals surface area contributed by atoms with Gasteiger partial charge in [0.05, 0.1) is 6.54 Å². The van der Waals surface area contributed by atoms with Crippen molar-refractivity contribution in [2.24, 2.45) is 5.73 Å². The minimum atomic E-state index is -3.47. The summed E-state index contributed by atoms with van der Waals surface area (Å²) in [5.41, 5.74) is 6.54. The van der Waals surface area contributed by atoms with Gasteiger partial charge in [-0.1, -0.05) is 11.6 Å². The number of nitrogens with zero attached hydrogens (tertiary/aromatic N) is 1. The van der Waals surface area contributed by atoms with Gasteiger partial charge in [0.15, 0.2) is 0 Å². The Morgan fingerprint density at radius 3 is 2.72 bits per heavy atom. The van der Waals surface area contributed by atoms with Crippen LogP contribution < -0.4 is 5.73 Å². The molecular formula is C12H18N2O3S. The van der Waals surface area contributed by atoms with Gasteiger partial charge in [-0.3, -0.25) is 0 Å². The number of nitrogens with two attached hydrogens (primary N) is 1. The van der Waals surface area contributed by atoms with Gasteiger partial charge in [0.2, 0.25) is 10.0 Å². The van der Waals surface area contributed by atoms with E-state index in [1.54, 1.807) is 6.92 Å². The second kappa shape index (κ2) is 4.87. The highest BCUT2D eigenvalue weighted by Gasteiger charge is 2.29. The van der Waals surface area contributed by atoms with Gasteiger partial charge in [0.25, 0.3) is 0 Å². The van der Waals surface area contributed by atoms with Crippen LogP contribution >= 0.6 is 0 Å². The smallest absolute Gasteiger partial charge is 0.246 e. The molecule has 0 bridgehead atoms. The summed E-state index contributed by atoms with van der Waals surface area (Å²) < 4.78 is 31.8. The molecular weight excluding hydrogens is 252 g/mol. The Morgan fingerprint density at radius 1 is 1.44 bits per heavy atom. The van der Waals surface area contributed by atoms with E-state index < -0.39 is 10.0 Å². The number of aryl methyl sites for hydroxylation is 1. The van der Waals surface area contributed by atoms with Crippen molar-refractivity contribution in [2.75, 3.05) is 13.1 Å². The lowest BCUT2D eigenvalue weighted by Gasteiger charge is -2.25. The maximum absolute atomic E-state index is 12.5. The van der Waals surface area contributed by atoms with E-state index in [1.165, 1.54) is 10.4 Å². The van der Waals surface area contributed by atoms with Crippen LogP contribution in [-0.2, 0) is 16.6 Å². The van der Waals surface area contributed by atoms with Crippen molar-refractivity contribution in [1.82, 2.24) is 4.31 Å². The lowest BCUT2D eigenvalue weighted by atomic mass is 10.2. The fourth-order valence-electron chi connectivity index (χ4n) is 2.10. The molecule has 1 aromatic heterocycles. The second-order valence-electron chi connectivity index (χ2n) is 4.52. The molecule has 0 radical (unpaired) electrons. The molecule has 18 heavy (non-hydrogen) atoms. The number of hydrogen-bond donors (Lipinski definition) is 1. The lowest BCUT2D eigenvalue weighted by molar-refractivity contribution is 0.424. The third-order valence-corrected chi connectivity index (χ3v) is 4.99. The highest BCUT2D eigenvalue weighted by Crippen LogP contribution is 2.25. The molecule has 0 fully saturated rings.